The van der Waals surface area contributed by atoms with Crippen molar-refractivity contribution in [2.45, 2.75) is 24.8 Å². The third-order valence-corrected chi connectivity index (χ3v) is 5.41. The summed E-state index contributed by atoms with van der Waals surface area (Å²) in [5.74, 6) is 0.915. The van der Waals surface area contributed by atoms with Crippen LogP contribution in [0.25, 0.3) is 0 Å². The molecule has 0 bridgehead atoms. The summed E-state index contributed by atoms with van der Waals surface area (Å²) < 4.78 is 0. The average molecular weight is 340 g/mol. The Morgan fingerprint density at radius 3 is 2.57 bits per heavy atom. The number of rotatable bonds is 6. The highest BCUT2D eigenvalue weighted by Crippen LogP contribution is 2.33. The van der Waals surface area contributed by atoms with Crippen LogP contribution in [-0.4, -0.2) is 12.3 Å². The lowest BCUT2D eigenvalue weighted by molar-refractivity contribution is 0.606. The topological polar surface area (TPSA) is 12.0 Å². The summed E-state index contributed by atoms with van der Waals surface area (Å²) in [7, 11) is 0. The van der Waals surface area contributed by atoms with Gasteiger partial charge >= 0.3 is 0 Å². The van der Waals surface area contributed by atoms with Gasteiger partial charge in [-0.05, 0) is 36.7 Å². The largest absolute Gasteiger partial charge is 0.309 e. The van der Waals surface area contributed by atoms with E-state index in [0.717, 1.165) is 17.9 Å². The lowest BCUT2D eigenvalue weighted by Gasteiger charge is -2.20. The highest BCUT2D eigenvalue weighted by Gasteiger charge is 2.16. The number of nitrogens with one attached hydrogen (secondary N) is 1. The Morgan fingerprint density at radius 1 is 1.10 bits per heavy atom. The Balaban J connectivity index is 2.16. The molecule has 1 unspecified atom stereocenters. The molecule has 112 valence electrons. The van der Waals surface area contributed by atoms with E-state index in [1.54, 1.807) is 0 Å². The molecule has 0 heterocycles. The molecule has 0 saturated carbocycles. The van der Waals surface area contributed by atoms with Crippen molar-refractivity contribution in [3.63, 3.8) is 0 Å². The predicted octanol–water partition coefficient (Wildman–Crippen LogP) is 5.74. The van der Waals surface area contributed by atoms with Crippen LogP contribution in [0.1, 0.15) is 24.1 Å². The van der Waals surface area contributed by atoms with Crippen molar-refractivity contribution in [2.75, 3.05) is 12.3 Å². The quantitative estimate of drug-likeness (QED) is 0.673. The highest BCUT2D eigenvalue weighted by molar-refractivity contribution is 7.99. The van der Waals surface area contributed by atoms with Gasteiger partial charge in [0.2, 0.25) is 0 Å². The number of benzene rings is 2. The molecule has 0 amide bonds. The fourth-order valence-corrected chi connectivity index (χ4v) is 3.74. The number of thioether (sulfide) groups is 1. The van der Waals surface area contributed by atoms with Gasteiger partial charge in [-0.25, -0.2) is 0 Å². The predicted molar refractivity (Wildman–Crippen MR) is 94.8 cm³/mol. The SMILES string of the molecule is CCNC(CSc1ccccc1C)c1cccc(Cl)c1Cl. The maximum atomic E-state index is 6.36. The molecule has 21 heavy (non-hydrogen) atoms. The fourth-order valence-electron chi connectivity index (χ4n) is 2.19. The van der Waals surface area contributed by atoms with E-state index in [9.17, 15) is 0 Å². The lowest BCUT2D eigenvalue weighted by Crippen LogP contribution is -2.23. The van der Waals surface area contributed by atoms with Crippen LogP contribution in [-0.2, 0) is 0 Å². The second-order valence-electron chi connectivity index (χ2n) is 4.83. The molecule has 2 aromatic carbocycles. The maximum Gasteiger partial charge on any atom is 0.0640 e. The molecule has 0 saturated heterocycles. The molecule has 2 rings (SSSR count). The third kappa shape index (κ3) is 4.40. The first-order valence-electron chi connectivity index (χ1n) is 6.99. The van der Waals surface area contributed by atoms with E-state index >= 15 is 0 Å². The minimum absolute atomic E-state index is 0.186. The minimum atomic E-state index is 0.186. The summed E-state index contributed by atoms with van der Waals surface area (Å²) >= 11 is 14.3. The van der Waals surface area contributed by atoms with Gasteiger partial charge in [-0.3, -0.25) is 0 Å². The summed E-state index contributed by atoms with van der Waals surface area (Å²) in [6.07, 6.45) is 0. The zero-order valence-corrected chi connectivity index (χ0v) is 14.5. The van der Waals surface area contributed by atoms with Crippen LogP contribution >= 0.6 is 35.0 Å². The minimum Gasteiger partial charge on any atom is -0.309 e. The molecule has 0 fully saturated rings. The second kappa shape index (κ2) is 8.09. The Labute approximate surface area is 141 Å². The summed E-state index contributed by atoms with van der Waals surface area (Å²) in [6.45, 7) is 5.13. The average Bonchev–Trinajstić information content (AvgIpc) is 2.48. The van der Waals surface area contributed by atoms with E-state index in [4.69, 9.17) is 23.2 Å². The molecule has 0 spiro atoms. The van der Waals surface area contributed by atoms with E-state index in [0.29, 0.717) is 10.0 Å². The van der Waals surface area contributed by atoms with Crippen molar-refractivity contribution in [3.8, 4) is 0 Å². The van der Waals surface area contributed by atoms with E-state index in [1.807, 2.05) is 30.0 Å². The van der Waals surface area contributed by atoms with Crippen LogP contribution < -0.4 is 5.32 Å². The Hall–Kier alpha value is -0.670. The molecular formula is C17H19Cl2NS. The second-order valence-corrected chi connectivity index (χ2v) is 6.68. The zero-order chi connectivity index (χ0) is 15.2. The first kappa shape index (κ1) is 16.7. The van der Waals surface area contributed by atoms with Crippen molar-refractivity contribution >= 4 is 35.0 Å². The monoisotopic (exact) mass is 339 g/mol. The molecule has 0 aliphatic rings. The highest BCUT2D eigenvalue weighted by atomic mass is 35.5. The molecule has 0 aromatic heterocycles. The van der Waals surface area contributed by atoms with Crippen molar-refractivity contribution in [2.24, 2.45) is 0 Å². The van der Waals surface area contributed by atoms with Gasteiger partial charge in [0, 0.05) is 16.7 Å². The smallest absolute Gasteiger partial charge is 0.0640 e. The van der Waals surface area contributed by atoms with Crippen molar-refractivity contribution < 1.29 is 0 Å². The molecule has 2 aromatic rings. The summed E-state index contributed by atoms with van der Waals surface area (Å²) in [5, 5.41) is 4.75. The molecule has 1 atom stereocenters. The van der Waals surface area contributed by atoms with Gasteiger partial charge in [-0.1, -0.05) is 60.5 Å². The number of hydrogen-bond acceptors (Lipinski definition) is 2. The van der Waals surface area contributed by atoms with E-state index in [2.05, 4.69) is 43.4 Å². The van der Waals surface area contributed by atoms with Crippen molar-refractivity contribution in [3.05, 3.63) is 63.6 Å². The van der Waals surface area contributed by atoms with Crippen LogP contribution in [0.2, 0.25) is 10.0 Å². The maximum absolute atomic E-state index is 6.36. The third-order valence-electron chi connectivity index (χ3n) is 3.31. The molecule has 0 aliphatic heterocycles. The van der Waals surface area contributed by atoms with Crippen LogP contribution in [0, 0.1) is 6.92 Å². The van der Waals surface area contributed by atoms with Crippen LogP contribution in [0.15, 0.2) is 47.4 Å². The van der Waals surface area contributed by atoms with Gasteiger partial charge in [0.15, 0.2) is 0 Å². The van der Waals surface area contributed by atoms with Crippen molar-refractivity contribution in [1.82, 2.24) is 5.32 Å². The zero-order valence-electron chi connectivity index (χ0n) is 12.2. The Bertz CT molecular complexity index is 601. The number of hydrogen-bond donors (Lipinski definition) is 1. The van der Waals surface area contributed by atoms with Gasteiger partial charge in [0.05, 0.1) is 10.0 Å². The lowest BCUT2D eigenvalue weighted by atomic mass is 10.1. The van der Waals surface area contributed by atoms with Gasteiger partial charge < -0.3 is 5.32 Å². The molecule has 0 radical (unpaired) electrons. The van der Waals surface area contributed by atoms with Gasteiger partial charge in [0.1, 0.15) is 0 Å². The van der Waals surface area contributed by atoms with Gasteiger partial charge in [0.25, 0.3) is 0 Å². The molecule has 0 aliphatic carbocycles. The van der Waals surface area contributed by atoms with E-state index in [1.165, 1.54) is 10.5 Å². The van der Waals surface area contributed by atoms with Crippen LogP contribution in [0.4, 0.5) is 0 Å². The number of halogens is 2. The Kier molecular flexibility index (Phi) is 6.43. The molecule has 1 N–H and O–H groups in total. The number of aryl methyl sites for hydroxylation is 1. The Morgan fingerprint density at radius 2 is 1.86 bits per heavy atom. The van der Waals surface area contributed by atoms with Gasteiger partial charge in [-0.15, -0.1) is 11.8 Å². The van der Waals surface area contributed by atoms with Gasteiger partial charge in [-0.2, -0.15) is 0 Å². The standard InChI is InChI=1S/C17H19Cl2NS/c1-3-20-15(13-8-6-9-14(18)17(13)19)11-21-16-10-5-4-7-12(16)2/h4-10,15,20H,3,11H2,1-2H3. The first-order valence-corrected chi connectivity index (χ1v) is 8.73. The first-order chi connectivity index (χ1) is 10.1. The van der Waals surface area contributed by atoms with Crippen LogP contribution in [0.5, 0.6) is 0 Å². The molecular weight excluding hydrogens is 321 g/mol. The fraction of sp³-hybridized carbons (Fsp3) is 0.294. The summed E-state index contributed by atoms with van der Waals surface area (Å²) in [4.78, 5) is 1.30. The van der Waals surface area contributed by atoms with Crippen molar-refractivity contribution in [1.29, 1.82) is 0 Å². The van der Waals surface area contributed by atoms with E-state index < -0.39 is 0 Å². The summed E-state index contributed by atoms with van der Waals surface area (Å²) in [6, 6.07) is 14.4. The van der Waals surface area contributed by atoms with Crippen LogP contribution in [0.3, 0.4) is 0 Å². The molecule has 1 nitrogen and oxygen atoms in total. The normalized spacial score (nSPS) is 12.4. The summed E-state index contributed by atoms with van der Waals surface area (Å²) in [5.41, 5.74) is 2.36. The molecule has 4 heteroatoms. The van der Waals surface area contributed by atoms with E-state index in [-0.39, 0.29) is 6.04 Å².